The first kappa shape index (κ1) is 29.7. The van der Waals surface area contributed by atoms with E-state index in [1.165, 1.54) is 18.0 Å². The number of benzene rings is 1. The van der Waals surface area contributed by atoms with E-state index in [0.29, 0.717) is 41.1 Å². The number of nitrogens with zero attached hydrogens (tertiary/aromatic N) is 4. The summed E-state index contributed by atoms with van der Waals surface area (Å²) in [5, 5.41) is 4.62. The molecule has 3 rings (SSSR count). The van der Waals surface area contributed by atoms with Gasteiger partial charge in [-0.05, 0) is 30.3 Å². The van der Waals surface area contributed by atoms with Crippen LogP contribution in [-0.2, 0) is 28.0 Å². The fourth-order valence-electron chi connectivity index (χ4n) is 3.61. The summed E-state index contributed by atoms with van der Waals surface area (Å²) in [6.45, 7) is 15.0. The van der Waals surface area contributed by atoms with Crippen LogP contribution in [0.15, 0.2) is 29.3 Å². The molecule has 0 aliphatic rings. The average Bonchev–Trinajstić information content (AvgIpc) is 3.22. The highest BCUT2D eigenvalue weighted by Gasteiger charge is 2.19. The Morgan fingerprint density at radius 2 is 1.63 bits per heavy atom. The largest absolute Gasteiger partial charge is 0.465 e. The molecule has 2 aromatic heterocycles. The maximum Gasteiger partial charge on any atom is 0.358 e. The molecule has 0 amide bonds. The Morgan fingerprint density at radius 1 is 0.974 bits per heavy atom. The molecule has 0 N–H and O–H groups in total. The third kappa shape index (κ3) is 8.09. The van der Waals surface area contributed by atoms with E-state index in [2.05, 4.69) is 49.4 Å². The molecule has 3 aromatic rings. The minimum absolute atomic E-state index is 0.0341. The van der Waals surface area contributed by atoms with Gasteiger partial charge in [-0.15, -0.1) is 0 Å². The van der Waals surface area contributed by atoms with Crippen LogP contribution in [0.25, 0.3) is 22.2 Å². The summed E-state index contributed by atoms with van der Waals surface area (Å²) in [6.07, 6.45) is 1.48. The van der Waals surface area contributed by atoms with Crippen molar-refractivity contribution in [3.8, 4) is 17.0 Å². The SMILES string of the molecule is COC(=O)c1cc(-c2cc(OCOCC[Si](C)(C)C)c3ncn(COCC[Si](C)(C)C)c(=O)c3c2)n(C)n1. The van der Waals surface area contributed by atoms with E-state index in [1.807, 2.05) is 0 Å². The maximum absolute atomic E-state index is 13.5. The third-order valence-electron chi connectivity index (χ3n) is 5.98. The lowest BCUT2D eigenvalue weighted by atomic mass is 10.1. The zero-order valence-corrected chi connectivity index (χ0v) is 25.8. The van der Waals surface area contributed by atoms with E-state index in [-0.39, 0.29) is 24.8 Å². The molecular formula is C26H40N4O6Si2. The highest BCUT2D eigenvalue weighted by molar-refractivity contribution is 6.76. The number of aromatic nitrogens is 4. The number of hydrogen-bond acceptors (Lipinski definition) is 8. The first-order valence-electron chi connectivity index (χ1n) is 12.7. The summed E-state index contributed by atoms with van der Waals surface area (Å²) in [7, 11) is 0.552. The van der Waals surface area contributed by atoms with Crippen LogP contribution in [0.4, 0.5) is 0 Å². The molecule has 0 aliphatic carbocycles. The molecule has 0 fully saturated rings. The maximum atomic E-state index is 13.5. The first-order valence-corrected chi connectivity index (χ1v) is 20.1. The monoisotopic (exact) mass is 560 g/mol. The molecule has 10 nitrogen and oxygen atoms in total. The summed E-state index contributed by atoms with van der Waals surface area (Å²) >= 11 is 0. The van der Waals surface area contributed by atoms with Crippen LogP contribution < -0.4 is 10.3 Å². The van der Waals surface area contributed by atoms with Gasteiger partial charge in [-0.3, -0.25) is 14.0 Å². The standard InChI is InChI=1S/C26H40N4O6Si2/c1-29-22(15-21(28-29)26(32)33-2)19-13-20-24(23(14-19)36-18-35-10-12-38(6,7)8)27-16-30(25(20)31)17-34-9-11-37(3,4)5/h13-16H,9-12,17-18H2,1-8H3. The molecule has 1 aromatic carbocycles. The number of carbonyl (C=O) groups excluding carboxylic acids is 1. The lowest BCUT2D eigenvalue weighted by Crippen LogP contribution is -2.25. The number of esters is 1. The fourth-order valence-corrected chi connectivity index (χ4v) is 5.13. The second-order valence-corrected chi connectivity index (χ2v) is 23.0. The van der Waals surface area contributed by atoms with Crippen LogP contribution in [0, 0.1) is 0 Å². The summed E-state index contributed by atoms with van der Waals surface area (Å²) in [5.74, 6) is -0.130. The zero-order chi connectivity index (χ0) is 28.1. The van der Waals surface area contributed by atoms with Crippen molar-refractivity contribution in [1.82, 2.24) is 19.3 Å². The Morgan fingerprint density at radius 3 is 2.26 bits per heavy atom. The van der Waals surface area contributed by atoms with E-state index < -0.39 is 22.1 Å². The number of carbonyl (C=O) groups is 1. The Hall–Kier alpha value is -2.81. The topological polar surface area (TPSA) is 107 Å². The van der Waals surface area contributed by atoms with Gasteiger partial charge >= 0.3 is 5.97 Å². The molecule has 0 saturated carbocycles. The molecular weight excluding hydrogens is 520 g/mol. The van der Waals surface area contributed by atoms with Crippen molar-refractivity contribution in [1.29, 1.82) is 0 Å². The average molecular weight is 561 g/mol. The van der Waals surface area contributed by atoms with Gasteiger partial charge < -0.3 is 18.9 Å². The molecule has 0 bridgehead atoms. The molecule has 2 heterocycles. The normalized spacial score (nSPS) is 12.2. The number of hydrogen-bond donors (Lipinski definition) is 0. The second-order valence-electron chi connectivity index (χ2n) is 11.7. The molecule has 0 spiro atoms. The lowest BCUT2D eigenvalue weighted by Gasteiger charge is -2.17. The van der Waals surface area contributed by atoms with Crippen LogP contribution in [0.5, 0.6) is 5.75 Å². The van der Waals surface area contributed by atoms with Crippen LogP contribution in [0.3, 0.4) is 0 Å². The van der Waals surface area contributed by atoms with Gasteiger partial charge in [0.1, 0.15) is 24.3 Å². The van der Waals surface area contributed by atoms with Gasteiger partial charge in [-0.1, -0.05) is 39.3 Å². The minimum atomic E-state index is -1.24. The van der Waals surface area contributed by atoms with Crippen LogP contribution >= 0.6 is 0 Å². The van der Waals surface area contributed by atoms with Crippen molar-refractivity contribution in [3.63, 3.8) is 0 Å². The molecule has 12 heteroatoms. The first-order chi connectivity index (χ1) is 17.8. The molecule has 0 saturated heterocycles. The van der Waals surface area contributed by atoms with Gasteiger partial charge in [0.2, 0.25) is 0 Å². The number of methoxy groups -OCH3 is 1. The number of aryl methyl sites for hydroxylation is 1. The van der Waals surface area contributed by atoms with E-state index in [1.54, 1.807) is 29.9 Å². The van der Waals surface area contributed by atoms with Crippen LogP contribution in [0.2, 0.25) is 51.4 Å². The molecule has 38 heavy (non-hydrogen) atoms. The van der Waals surface area contributed by atoms with Crippen molar-refractivity contribution >= 4 is 33.0 Å². The Balaban J connectivity index is 1.95. The van der Waals surface area contributed by atoms with E-state index >= 15 is 0 Å². The Bertz CT molecular complexity index is 1320. The smallest absolute Gasteiger partial charge is 0.358 e. The fraction of sp³-hybridized carbons (Fsp3) is 0.538. The highest BCUT2D eigenvalue weighted by atomic mass is 28.3. The van der Waals surface area contributed by atoms with Crippen molar-refractivity contribution in [2.75, 3.05) is 27.1 Å². The number of fused-ring (bicyclic) bond motifs is 1. The van der Waals surface area contributed by atoms with Crippen molar-refractivity contribution < 1.29 is 23.7 Å². The quantitative estimate of drug-likeness (QED) is 0.129. The van der Waals surface area contributed by atoms with Gasteiger partial charge in [-0.2, -0.15) is 5.10 Å². The van der Waals surface area contributed by atoms with Gasteiger partial charge in [-0.25, -0.2) is 9.78 Å². The molecule has 0 aliphatic heterocycles. The highest BCUT2D eigenvalue weighted by Crippen LogP contribution is 2.30. The van der Waals surface area contributed by atoms with Crippen molar-refractivity contribution in [2.24, 2.45) is 7.05 Å². The van der Waals surface area contributed by atoms with Gasteiger partial charge in [0.25, 0.3) is 5.56 Å². The summed E-state index contributed by atoms with van der Waals surface area (Å²) in [4.78, 5) is 30.0. The van der Waals surface area contributed by atoms with E-state index in [4.69, 9.17) is 18.9 Å². The number of ether oxygens (including phenoxy) is 4. The van der Waals surface area contributed by atoms with Gasteiger partial charge in [0, 0.05) is 42.0 Å². The second kappa shape index (κ2) is 12.4. The molecule has 0 atom stereocenters. The number of rotatable bonds is 13. The zero-order valence-electron chi connectivity index (χ0n) is 23.8. The molecule has 208 valence electrons. The summed E-state index contributed by atoms with van der Waals surface area (Å²) < 4.78 is 25.3. The molecule has 0 radical (unpaired) electrons. The van der Waals surface area contributed by atoms with Gasteiger partial charge in [0.05, 0.1) is 18.2 Å². The van der Waals surface area contributed by atoms with Gasteiger partial charge in [0.15, 0.2) is 12.5 Å². The van der Waals surface area contributed by atoms with Crippen LogP contribution in [-0.4, -0.2) is 68.6 Å². The van der Waals surface area contributed by atoms with E-state index in [9.17, 15) is 9.59 Å². The Kier molecular flexibility index (Phi) is 9.68. The predicted molar refractivity (Wildman–Crippen MR) is 153 cm³/mol. The summed E-state index contributed by atoms with van der Waals surface area (Å²) in [6, 6.07) is 7.16. The van der Waals surface area contributed by atoms with Crippen molar-refractivity contribution in [3.05, 3.63) is 40.6 Å². The lowest BCUT2D eigenvalue weighted by molar-refractivity contribution is 0.0228. The summed E-state index contributed by atoms with van der Waals surface area (Å²) in [5.41, 5.74) is 1.63. The molecule has 0 unspecified atom stereocenters. The van der Waals surface area contributed by atoms with Crippen molar-refractivity contribution in [2.45, 2.75) is 58.1 Å². The van der Waals surface area contributed by atoms with E-state index in [0.717, 1.165) is 12.1 Å². The third-order valence-corrected chi connectivity index (χ3v) is 9.39. The minimum Gasteiger partial charge on any atom is -0.465 e. The Labute approximate surface area is 225 Å². The predicted octanol–water partition coefficient (Wildman–Crippen LogP) is 4.59. The van der Waals surface area contributed by atoms with Crippen LogP contribution in [0.1, 0.15) is 10.5 Å².